The smallest absolute Gasteiger partial charge is 0.296 e. The average molecular weight is 711 g/mol. The van der Waals surface area contributed by atoms with Crippen LogP contribution >= 0.6 is 12.0 Å². The van der Waals surface area contributed by atoms with Gasteiger partial charge >= 0.3 is 0 Å². The van der Waals surface area contributed by atoms with E-state index < -0.39 is 80.5 Å². The molecule has 246 valence electrons. The molecule has 0 heterocycles. The van der Waals surface area contributed by atoms with Crippen LogP contribution in [-0.2, 0) is 34.4 Å². The first-order valence-electron chi connectivity index (χ1n) is 12.2. The Bertz CT molecular complexity index is 2210. The summed E-state index contributed by atoms with van der Waals surface area (Å²) in [7, 11) is -10.1. The Morgan fingerprint density at radius 3 is 2.11 bits per heavy atom. The summed E-state index contributed by atoms with van der Waals surface area (Å²) < 4.78 is 72.4. The zero-order chi connectivity index (χ0) is 34.7. The fraction of sp³-hybridized carbons (Fsp3) is 0.0417. The molecule has 6 N–H and O–H groups in total. The van der Waals surface area contributed by atoms with E-state index >= 15 is 0 Å². The summed E-state index contributed by atoms with van der Waals surface area (Å²) in [6.45, 7) is 1.16. The Balaban J connectivity index is 2.01. The Morgan fingerprint density at radius 1 is 0.872 bits per heavy atom. The van der Waals surface area contributed by atoms with E-state index in [1.807, 2.05) is 0 Å². The Labute approximate surface area is 266 Å². The van der Waals surface area contributed by atoms with Crippen molar-refractivity contribution in [2.45, 2.75) is 21.6 Å². The number of aromatic hydroxyl groups is 2. The Kier molecular flexibility index (Phi) is 10.1. The largest absolute Gasteiger partial charge is 0.505 e. The number of nitro groups is 1. The lowest BCUT2D eigenvalue weighted by molar-refractivity contribution is -0.432. The van der Waals surface area contributed by atoms with E-state index in [-0.39, 0.29) is 33.7 Å². The molecular weight excluding hydrogens is 692 g/mol. The summed E-state index contributed by atoms with van der Waals surface area (Å²) in [5.74, 6) is -2.68. The van der Waals surface area contributed by atoms with E-state index in [2.05, 4.69) is 35.1 Å². The van der Waals surface area contributed by atoms with Crippen molar-refractivity contribution in [3.63, 3.8) is 0 Å². The van der Waals surface area contributed by atoms with Gasteiger partial charge < -0.3 is 15.5 Å². The maximum absolute atomic E-state index is 12.3. The van der Waals surface area contributed by atoms with Crippen molar-refractivity contribution in [3.8, 4) is 11.5 Å². The molecule has 0 aromatic heterocycles. The van der Waals surface area contributed by atoms with Crippen molar-refractivity contribution in [1.82, 2.24) is 0 Å². The van der Waals surface area contributed by atoms with Crippen LogP contribution in [0.5, 0.6) is 11.5 Å². The standard InChI is InChI=1S/C24H18N6O14S3/c1-11(31)25-13-6-7-18(46(37,38)39)15(10-13)27-28-21-17(45-44-43-36)8-12-9-19(47(40,41)42)22(24(33)20(12)23(21)32)29-26-14-4-2-3-5-16(14)30(34)35/h2-10,32-33,36H,1H3,(H,25,31)(H,37,38,39)(H,40,41,42). The molecule has 0 spiro atoms. The van der Waals surface area contributed by atoms with Crippen molar-refractivity contribution < 1.29 is 60.5 Å². The predicted molar refractivity (Wildman–Crippen MR) is 160 cm³/mol. The van der Waals surface area contributed by atoms with Crippen molar-refractivity contribution >= 4 is 83.1 Å². The van der Waals surface area contributed by atoms with E-state index in [1.54, 1.807) is 0 Å². The lowest BCUT2D eigenvalue weighted by Crippen LogP contribution is -2.06. The highest BCUT2D eigenvalue weighted by Crippen LogP contribution is 2.51. The molecule has 0 aliphatic heterocycles. The summed E-state index contributed by atoms with van der Waals surface area (Å²) in [5.41, 5.74) is -3.06. The lowest BCUT2D eigenvalue weighted by Gasteiger charge is -2.13. The Hall–Kier alpha value is -5.14. The fourth-order valence-electron chi connectivity index (χ4n) is 3.97. The van der Waals surface area contributed by atoms with Gasteiger partial charge in [0.15, 0.2) is 17.2 Å². The zero-order valence-electron chi connectivity index (χ0n) is 23.1. The van der Waals surface area contributed by atoms with Crippen LogP contribution in [0.2, 0.25) is 0 Å². The third-order valence-electron chi connectivity index (χ3n) is 5.83. The van der Waals surface area contributed by atoms with Gasteiger partial charge in [-0.3, -0.25) is 24.0 Å². The van der Waals surface area contributed by atoms with Crippen LogP contribution in [0.15, 0.2) is 89.7 Å². The molecule has 0 atom stereocenters. The van der Waals surface area contributed by atoms with Crippen molar-refractivity contribution in [1.29, 1.82) is 0 Å². The first-order valence-corrected chi connectivity index (χ1v) is 15.8. The molecule has 4 rings (SSSR count). The van der Waals surface area contributed by atoms with E-state index in [4.69, 9.17) is 5.26 Å². The number of anilines is 1. The monoisotopic (exact) mass is 710 g/mol. The number of rotatable bonds is 11. The molecule has 4 aromatic carbocycles. The SMILES string of the molecule is CC(=O)Nc1ccc(S(=O)(=O)O)c(N=Nc2c(SOOO)cc3cc(S(=O)(=O)O)c(N=Nc4ccccc4[N+](=O)[O-])c(O)c3c2O)c1. The number of carbonyl (C=O) groups excluding carboxylic acids is 1. The van der Waals surface area contributed by atoms with Gasteiger partial charge in [-0.1, -0.05) is 17.2 Å². The van der Waals surface area contributed by atoms with Crippen LogP contribution in [0.4, 0.5) is 34.1 Å². The molecule has 23 heteroatoms. The van der Waals surface area contributed by atoms with Gasteiger partial charge in [-0.2, -0.15) is 16.8 Å². The first-order chi connectivity index (χ1) is 22.0. The number of hydrogen-bond donors (Lipinski definition) is 6. The molecule has 0 saturated carbocycles. The van der Waals surface area contributed by atoms with E-state index in [0.717, 1.165) is 49.4 Å². The summed E-state index contributed by atoms with van der Waals surface area (Å²) in [4.78, 5) is 19.9. The number of azo groups is 2. The number of hydrogen-bond acceptors (Lipinski definition) is 17. The third-order valence-corrected chi connectivity index (χ3v) is 8.22. The number of nitrogens with zero attached hydrogens (tertiary/aromatic N) is 5. The van der Waals surface area contributed by atoms with Crippen molar-refractivity contribution in [3.05, 3.63) is 64.7 Å². The van der Waals surface area contributed by atoms with Gasteiger partial charge in [0, 0.05) is 18.7 Å². The number of nitro benzene ring substituents is 1. The molecule has 0 aliphatic rings. The number of phenolic OH excluding ortho intramolecular Hbond substituents is 2. The second-order valence-electron chi connectivity index (χ2n) is 8.93. The minimum absolute atomic E-state index is 0.0252. The number of carbonyl (C=O) groups is 1. The highest BCUT2D eigenvalue weighted by molar-refractivity contribution is 7.94. The summed E-state index contributed by atoms with van der Waals surface area (Å²) in [6, 6.07) is 9.65. The van der Waals surface area contributed by atoms with Gasteiger partial charge in [0.1, 0.15) is 26.9 Å². The molecule has 0 unspecified atom stereocenters. The maximum atomic E-state index is 12.3. The van der Waals surface area contributed by atoms with E-state index in [1.165, 1.54) is 12.1 Å². The summed E-state index contributed by atoms with van der Waals surface area (Å²) in [5, 5.41) is 62.1. The van der Waals surface area contributed by atoms with E-state index in [9.17, 15) is 51.1 Å². The van der Waals surface area contributed by atoms with Gasteiger partial charge in [0.05, 0.1) is 27.2 Å². The molecule has 0 radical (unpaired) electrons. The highest BCUT2D eigenvalue weighted by Gasteiger charge is 2.27. The van der Waals surface area contributed by atoms with Crippen LogP contribution in [0.3, 0.4) is 0 Å². The number of para-hydroxylation sites is 1. The molecule has 0 fully saturated rings. The van der Waals surface area contributed by atoms with Gasteiger partial charge in [0.25, 0.3) is 25.9 Å². The quantitative estimate of drug-likeness (QED) is 0.0265. The van der Waals surface area contributed by atoms with Crippen molar-refractivity contribution in [2.75, 3.05) is 5.32 Å². The van der Waals surface area contributed by atoms with Gasteiger partial charge in [0.2, 0.25) is 5.91 Å². The van der Waals surface area contributed by atoms with Crippen LogP contribution < -0.4 is 5.32 Å². The number of benzene rings is 4. The number of nitrogens with one attached hydrogen (secondary N) is 1. The zero-order valence-corrected chi connectivity index (χ0v) is 25.5. The van der Waals surface area contributed by atoms with E-state index in [0.29, 0.717) is 0 Å². The van der Waals surface area contributed by atoms with Crippen LogP contribution in [0, 0.1) is 10.1 Å². The molecule has 4 aromatic rings. The third kappa shape index (κ3) is 7.81. The molecule has 0 bridgehead atoms. The minimum atomic E-state index is -5.19. The van der Waals surface area contributed by atoms with Gasteiger partial charge in [-0.05, 0) is 41.8 Å². The molecular formula is C24H18N6O14S3. The number of amides is 1. The summed E-state index contributed by atoms with van der Waals surface area (Å²) in [6.07, 6.45) is 0. The molecule has 20 nitrogen and oxygen atoms in total. The van der Waals surface area contributed by atoms with Crippen LogP contribution in [0.1, 0.15) is 6.92 Å². The summed E-state index contributed by atoms with van der Waals surface area (Å²) >= 11 is 0.158. The average Bonchev–Trinajstić information content (AvgIpc) is 2.97. The lowest BCUT2D eigenvalue weighted by atomic mass is 10.1. The normalized spacial score (nSPS) is 12.3. The number of phenols is 2. The Morgan fingerprint density at radius 2 is 1.49 bits per heavy atom. The highest BCUT2D eigenvalue weighted by atomic mass is 32.2. The number of fused-ring (bicyclic) bond motifs is 1. The molecule has 1 amide bonds. The molecule has 47 heavy (non-hydrogen) atoms. The predicted octanol–water partition coefficient (Wildman–Crippen LogP) is 5.87. The van der Waals surface area contributed by atoms with Crippen LogP contribution in [0.25, 0.3) is 10.8 Å². The maximum Gasteiger partial charge on any atom is 0.296 e. The minimum Gasteiger partial charge on any atom is -0.505 e. The van der Waals surface area contributed by atoms with Gasteiger partial charge in [-0.25, -0.2) is 5.26 Å². The fourth-order valence-corrected chi connectivity index (χ4v) is 5.73. The van der Waals surface area contributed by atoms with Crippen molar-refractivity contribution in [2.24, 2.45) is 20.5 Å². The second-order valence-corrected chi connectivity index (χ2v) is 12.4. The first kappa shape index (κ1) is 34.7. The van der Waals surface area contributed by atoms with Gasteiger partial charge in [-0.15, -0.1) is 24.8 Å². The van der Waals surface area contributed by atoms with Crippen LogP contribution in [-0.4, -0.2) is 52.2 Å². The molecule has 0 aliphatic carbocycles. The topological polar surface area (TPSA) is 310 Å². The molecule has 0 saturated heterocycles. The second kappa shape index (κ2) is 13.7.